The van der Waals surface area contributed by atoms with Crippen LogP contribution in [0.3, 0.4) is 0 Å². The molecule has 1 aliphatic rings. The fraction of sp³-hybridized carbons (Fsp3) is 0.429. The Morgan fingerprint density at radius 2 is 1.52 bits per heavy atom. The van der Waals surface area contributed by atoms with E-state index < -0.39 is 0 Å². The molecule has 0 fully saturated rings. The number of hydrogen-bond acceptors (Lipinski definition) is 1. The second-order valence-corrected chi connectivity index (χ2v) is 9.54. The van der Waals surface area contributed by atoms with Gasteiger partial charge in [0, 0.05) is 14.8 Å². The van der Waals surface area contributed by atoms with Crippen molar-refractivity contribution >= 4 is 23.4 Å². The van der Waals surface area contributed by atoms with Crippen LogP contribution < -0.4 is 0 Å². The molecule has 0 amide bonds. The fourth-order valence-electron chi connectivity index (χ4n) is 3.47. The van der Waals surface area contributed by atoms with Crippen LogP contribution in [-0.2, 0) is 10.8 Å². The van der Waals surface area contributed by atoms with Crippen LogP contribution in [-0.4, -0.2) is 0 Å². The summed E-state index contributed by atoms with van der Waals surface area (Å²) in [7, 11) is 0. The second kappa shape index (κ2) is 5.86. The zero-order valence-electron chi connectivity index (χ0n) is 14.7. The van der Waals surface area contributed by atoms with Crippen molar-refractivity contribution in [2.75, 3.05) is 0 Å². The maximum absolute atomic E-state index is 6.14. The molecular weight excluding hydrogens is 320 g/mol. The smallest absolute Gasteiger partial charge is 0.0417 e. The van der Waals surface area contributed by atoms with Gasteiger partial charge in [-0.2, -0.15) is 0 Å². The summed E-state index contributed by atoms with van der Waals surface area (Å²) >= 11 is 7.95. The number of hydrogen-bond donors (Lipinski definition) is 0. The molecule has 0 atom stereocenters. The first-order valence-corrected chi connectivity index (χ1v) is 9.47. The maximum Gasteiger partial charge on any atom is 0.0417 e. The van der Waals surface area contributed by atoms with Gasteiger partial charge in [-0.05, 0) is 71.6 Å². The van der Waals surface area contributed by atoms with Gasteiger partial charge in [0.1, 0.15) is 0 Å². The number of fused-ring (bicyclic) bond motifs is 1. The van der Waals surface area contributed by atoms with Crippen molar-refractivity contribution < 1.29 is 0 Å². The number of aryl methyl sites for hydroxylation is 1. The summed E-state index contributed by atoms with van der Waals surface area (Å²) in [5, 5.41) is 0.798. The normalized spacial score (nSPS) is 18.5. The molecule has 0 aromatic heterocycles. The van der Waals surface area contributed by atoms with Gasteiger partial charge in [-0.25, -0.2) is 0 Å². The molecule has 0 N–H and O–H groups in total. The van der Waals surface area contributed by atoms with Gasteiger partial charge in [-0.15, -0.1) is 0 Å². The number of halogens is 1. The molecular formula is C21H25ClS. The molecule has 2 heteroatoms. The lowest BCUT2D eigenvalue weighted by molar-refractivity contribution is 0.331. The molecule has 0 bridgehead atoms. The molecule has 23 heavy (non-hydrogen) atoms. The molecule has 0 nitrogen and oxygen atoms in total. The highest BCUT2D eigenvalue weighted by Crippen LogP contribution is 2.48. The summed E-state index contributed by atoms with van der Waals surface area (Å²) in [6.07, 6.45) is 2.50. The first kappa shape index (κ1) is 16.9. The quantitative estimate of drug-likeness (QED) is 0.557. The Morgan fingerprint density at radius 3 is 2.13 bits per heavy atom. The molecule has 0 aliphatic heterocycles. The monoisotopic (exact) mass is 344 g/mol. The average Bonchev–Trinajstić information content (AvgIpc) is 2.46. The Hall–Kier alpha value is -0.920. The number of benzene rings is 2. The van der Waals surface area contributed by atoms with Crippen LogP contribution in [0.1, 0.15) is 57.2 Å². The second-order valence-electron chi connectivity index (χ2n) is 7.99. The van der Waals surface area contributed by atoms with Crippen molar-refractivity contribution in [1.82, 2.24) is 0 Å². The third kappa shape index (κ3) is 3.32. The molecule has 2 aromatic carbocycles. The highest BCUT2D eigenvalue weighted by atomic mass is 35.5. The summed E-state index contributed by atoms with van der Waals surface area (Å²) in [6.45, 7) is 11.7. The lowest BCUT2D eigenvalue weighted by Gasteiger charge is -2.42. The molecule has 3 rings (SSSR count). The lowest BCUT2D eigenvalue weighted by Crippen LogP contribution is -2.34. The van der Waals surface area contributed by atoms with Crippen molar-refractivity contribution in [3.63, 3.8) is 0 Å². The Kier molecular flexibility index (Phi) is 4.31. The Labute approximate surface area is 149 Å². The summed E-state index contributed by atoms with van der Waals surface area (Å²) < 4.78 is 0. The highest BCUT2D eigenvalue weighted by molar-refractivity contribution is 7.99. The van der Waals surface area contributed by atoms with Gasteiger partial charge in [-0.1, -0.05) is 63.2 Å². The standard InChI is InChI=1S/C21H25ClS/c1-14-11-17-18(21(4,5)10-9-20(17,2)3)13-19(14)23-16-8-6-7-15(22)12-16/h6-8,11-13H,9-10H2,1-5H3. The van der Waals surface area contributed by atoms with E-state index in [1.807, 2.05) is 30.0 Å². The zero-order chi connectivity index (χ0) is 16.8. The molecule has 0 spiro atoms. The Morgan fingerprint density at radius 1 is 0.913 bits per heavy atom. The largest absolute Gasteiger partial charge is 0.0898 e. The third-order valence-electron chi connectivity index (χ3n) is 5.17. The van der Waals surface area contributed by atoms with Crippen LogP contribution in [0.4, 0.5) is 0 Å². The predicted molar refractivity (Wildman–Crippen MR) is 102 cm³/mol. The van der Waals surface area contributed by atoms with Gasteiger partial charge in [0.2, 0.25) is 0 Å². The van der Waals surface area contributed by atoms with Crippen molar-refractivity contribution in [2.24, 2.45) is 0 Å². The van der Waals surface area contributed by atoms with E-state index in [1.165, 1.54) is 39.3 Å². The Balaban J connectivity index is 2.07. The van der Waals surface area contributed by atoms with Crippen LogP contribution in [0.25, 0.3) is 0 Å². The van der Waals surface area contributed by atoms with E-state index in [9.17, 15) is 0 Å². The first-order chi connectivity index (χ1) is 10.7. The van der Waals surface area contributed by atoms with Gasteiger partial charge in [0.05, 0.1) is 0 Å². The summed E-state index contributed by atoms with van der Waals surface area (Å²) in [5.41, 5.74) is 4.93. The van der Waals surface area contributed by atoms with E-state index in [1.54, 1.807) is 0 Å². The molecule has 2 aromatic rings. The van der Waals surface area contributed by atoms with Gasteiger partial charge in [0.15, 0.2) is 0 Å². The van der Waals surface area contributed by atoms with E-state index in [-0.39, 0.29) is 10.8 Å². The lowest BCUT2D eigenvalue weighted by atomic mass is 9.63. The summed E-state index contributed by atoms with van der Waals surface area (Å²) in [5.74, 6) is 0. The first-order valence-electron chi connectivity index (χ1n) is 8.28. The van der Waals surface area contributed by atoms with E-state index in [0.717, 1.165) is 5.02 Å². The summed E-state index contributed by atoms with van der Waals surface area (Å²) in [4.78, 5) is 2.55. The topological polar surface area (TPSA) is 0 Å². The van der Waals surface area contributed by atoms with Crippen molar-refractivity contribution in [3.8, 4) is 0 Å². The van der Waals surface area contributed by atoms with E-state index in [2.05, 4.69) is 52.8 Å². The maximum atomic E-state index is 6.14. The minimum Gasteiger partial charge on any atom is -0.0898 e. The van der Waals surface area contributed by atoms with E-state index in [4.69, 9.17) is 11.6 Å². The molecule has 0 heterocycles. The molecule has 0 radical (unpaired) electrons. The minimum absolute atomic E-state index is 0.252. The van der Waals surface area contributed by atoms with Crippen LogP contribution in [0.2, 0.25) is 5.02 Å². The predicted octanol–water partition coefficient (Wildman–Crippen LogP) is 7.15. The molecule has 0 unspecified atom stereocenters. The van der Waals surface area contributed by atoms with E-state index >= 15 is 0 Å². The Bertz CT molecular complexity index is 744. The van der Waals surface area contributed by atoms with Crippen molar-refractivity contribution in [1.29, 1.82) is 0 Å². The van der Waals surface area contributed by atoms with Gasteiger partial charge in [0.25, 0.3) is 0 Å². The van der Waals surface area contributed by atoms with Gasteiger partial charge in [-0.3, -0.25) is 0 Å². The molecule has 0 saturated heterocycles. The van der Waals surface area contributed by atoms with Crippen LogP contribution in [0, 0.1) is 6.92 Å². The van der Waals surface area contributed by atoms with Gasteiger partial charge < -0.3 is 0 Å². The highest BCUT2D eigenvalue weighted by Gasteiger charge is 2.37. The molecule has 1 aliphatic carbocycles. The van der Waals surface area contributed by atoms with Crippen LogP contribution >= 0.6 is 23.4 Å². The van der Waals surface area contributed by atoms with Crippen molar-refractivity contribution in [2.45, 2.75) is 68.1 Å². The van der Waals surface area contributed by atoms with Crippen LogP contribution in [0.5, 0.6) is 0 Å². The zero-order valence-corrected chi connectivity index (χ0v) is 16.2. The minimum atomic E-state index is 0.252. The van der Waals surface area contributed by atoms with Crippen LogP contribution in [0.15, 0.2) is 46.2 Å². The third-order valence-corrected chi connectivity index (χ3v) is 6.56. The van der Waals surface area contributed by atoms with Gasteiger partial charge >= 0.3 is 0 Å². The molecule has 122 valence electrons. The van der Waals surface area contributed by atoms with E-state index in [0.29, 0.717) is 0 Å². The average molecular weight is 345 g/mol. The summed E-state index contributed by atoms with van der Waals surface area (Å²) in [6, 6.07) is 13.0. The SMILES string of the molecule is Cc1cc2c(cc1Sc1cccc(Cl)c1)C(C)(C)CCC2(C)C. The van der Waals surface area contributed by atoms with Crippen molar-refractivity contribution in [3.05, 3.63) is 58.1 Å². The fourth-order valence-corrected chi connectivity index (χ4v) is 4.71. The number of rotatable bonds is 2. The molecule has 0 saturated carbocycles.